The summed E-state index contributed by atoms with van der Waals surface area (Å²) < 4.78 is 5.67. The van der Waals surface area contributed by atoms with Crippen LogP contribution < -0.4 is 15.4 Å². The minimum absolute atomic E-state index is 0.0292. The Morgan fingerprint density at radius 3 is 2.68 bits per heavy atom. The molecule has 0 saturated heterocycles. The molecule has 0 aromatic heterocycles. The van der Waals surface area contributed by atoms with Gasteiger partial charge in [-0.15, -0.1) is 0 Å². The average Bonchev–Trinajstić information content (AvgIpc) is 2.38. The number of nitrogens with one attached hydrogen (secondary N) is 2. The second-order valence-electron chi connectivity index (χ2n) is 4.86. The number of aryl methyl sites for hydroxylation is 2. The summed E-state index contributed by atoms with van der Waals surface area (Å²) in [7, 11) is 0. The third-order valence-corrected chi connectivity index (χ3v) is 2.89. The van der Waals surface area contributed by atoms with E-state index in [2.05, 4.69) is 24.5 Å². The van der Waals surface area contributed by atoms with Crippen LogP contribution in [-0.4, -0.2) is 25.2 Å². The lowest BCUT2D eigenvalue weighted by Crippen LogP contribution is -2.43. The third kappa shape index (κ3) is 5.64. The highest BCUT2D eigenvalue weighted by molar-refractivity contribution is 5.74. The highest BCUT2D eigenvalue weighted by Crippen LogP contribution is 2.16. The van der Waals surface area contributed by atoms with E-state index in [0.29, 0.717) is 13.2 Å². The molecule has 106 valence electrons. The van der Waals surface area contributed by atoms with Crippen LogP contribution in [0.5, 0.6) is 5.75 Å². The van der Waals surface area contributed by atoms with E-state index < -0.39 is 0 Å². The van der Waals surface area contributed by atoms with Gasteiger partial charge in [0.2, 0.25) is 0 Å². The fraction of sp³-hybridized carbons (Fsp3) is 0.533. The fourth-order valence-corrected chi connectivity index (χ4v) is 1.58. The van der Waals surface area contributed by atoms with E-state index in [1.807, 2.05) is 32.0 Å². The molecule has 1 aromatic rings. The molecule has 0 fully saturated rings. The van der Waals surface area contributed by atoms with Gasteiger partial charge in [0.1, 0.15) is 12.4 Å². The maximum atomic E-state index is 11.4. The molecule has 1 rings (SSSR count). The SMILES string of the molecule is CCCNC(=O)NC(C)COc1ccc(C)c(C)c1. The highest BCUT2D eigenvalue weighted by atomic mass is 16.5. The predicted molar refractivity (Wildman–Crippen MR) is 77.7 cm³/mol. The third-order valence-electron chi connectivity index (χ3n) is 2.89. The van der Waals surface area contributed by atoms with E-state index in [1.165, 1.54) is 11.1 Å². The molecule has 0 aliphatic carbocycles. The summed E-state index contributed by atoms with van der Waals surface area (Å²) in [6.45, 7) is 9.22. The van der Waals surface area contributed by atoms with Crippen LogP contribution in [0.4, 0.5) is 4.79 Å². The molecular weight excluding hydrogens is 240 g/mol. The molecule has 4 heteroatoms. The minimum Gasteiger partial charge on any atom is -0.491 e. The summed E-state index contributed by atoms with van der Waals surface area (Å²) in [6, 6.07) is 5.83. The summed E-state index contributed by atoms with van der Waals surface area (Å²) >= 11 is 0. The first-order valence-electron chi connectivity index (χ1n) is 6.77. The van der Waals surface area contributed by atoms with Gasteiger partial charge in [-0.1, -0.05) is 13.0 Å². The Hall–Kier alpha value is -1.71. The Morgan fingerprint density at radius 2 is 2.05 bits per heavy atom. The number of carbonyl (C=O) groups is 1. The number of hydrogen-bond acceptors (Lipinski definition) is 2. The largest absolute Gasteiger partial charge is 0.491 e. The zero-order valence-corrected chi connectivity index (χ0v) is 12.2. The smallest absolute Gasteiger partial charge is 0.315 e. The number of ether oxygens (including phenoxy) is 1. The zero-order chi connectivity index (χ0) is 14.3. The maximum Gasteiger partial charge on any atom is 0.315 e. The van der Waals surface area contributed by atoms with Gasteiger partial charge in [-0.25, -0.2) is 4.79 Å². The second-order valence-corrected chi connectivity index (χ2v) is 4.86. The van der Waals surface area contributed by atoms with E-state index >= 15 is 0 Å². The standard InChI is InChI=1S/C15H24N2O2/c1-5-8-16-15(18)17-13(4)10-19-14-7-6-11(2)12(3)9-14/h6-7,9,13H,5,8,10H2,1-4H3,(H2,16,17,18). The Morgan fingerprint density at radius 1 is 1.32 bits per heavy atom. The van der Waals surface area contributed by atoms with Crippen LogP contribution >= 0.6 is 0 Å². The van der Waals surface area contributed by atoms with E-state index in [1.54, 1.807) is 0 Å². The first kappa shape index (κ1) is 15.3. The van der Waals surface area contributed by atoms with Crippen molar-refractivity contribution in [2.75, 3.05) is 13.2 Å². The monoisotopic (exact) mass is 264 g/mol. The molecule has 1 atom stereocenters. The van der Waals surface area contributed by atoms with Crippen molar-refractivity contribution in [2.24, 2.45) is 0 Å². The molecule has 0 bridgehead atoms. The number of hydrogen-bond donors (Lipinski definition) is 2. The second kappa shape index (κ2) is 7.67. The Labute approximate surface area is 115 Å². The summed E-state index contributed by atoms with van der Waals surface area (Å²) in [5.41, 5.74) is 2.45. The normalized spacial score (nSPS) is 11.8. The predicted octanol–water partition coefficient (Wildman–Crippen LogP) is 2.78. The molecule has 4 nitrogen and oxygen atoms in total. The molecule has 0 spiro atoms. The van der Waals surface area contributed by atoms with Crippen molar-refractivity contribution in [3.05, 3.63) is 29.3 Å². The lowest BCUT2D eigenvalue weighted by Gasteiger charge is -2.16. The van der Waals surface area contributed by atoms with Crippen LogP contribution in [0.1, 0.15) is 31.4 Å². The molecule has 2 N–H and O–H groups in total. The number of benzene rings is 1. The topological polar surface area (TPSA) is 50.4 Å². The summed E-state index contributed by atoms with van der Waals surface area (Å²) in [5, 5.41) is 5.61. The molecule has 0 heterocycles. The van der Waals surface area contributed by atoms with E-state index in [0.717, 1.165) is 12.2 Å². The van der Waals surface area contributed by atoms with Crippen molar-refractivity contribution in [2.45, 2.75) is 40.2 Å². The Balaban J connectivity index is 2.35. The van der Waals surface area contributed by atoms with Crippen molar-refractivity contribution in [3.8, 4) is 5.75 Å². The molecule has 1 aromatic carbocycles. The first-order valence-corrected chi connectivity index (χ1v) is 6.77. The van der Waals surface area contributed by atoms with Gasteiger partial charge in [0, 0.05) is 6.54 Å². The zero-order valence-electron chi connectivity index (χ0n) is 12.2. The van der Waals surface area contributed by atoms with Gasteiger partial charge in [-0.3, -0.25) is 0 Å². The molecule has 0 saturated carbocycles. The quantitative estimate of drug-likeness (QED) is 0.830. The van der Waals surface area contributed by atoms with Gasteiger partial charge in [0.25, 0.3) is 0 Å². The van der Waals surface area contributed by atoms with Crippen LogP contribution in [0.25, 0.3) is 0 Å². The number of rotatable bonds is 6. The van der Waals surface area contributed by atoms with Crippen LogP contribution in [0.15, 0.2) is 18.2 Å². The van der Waals surface area contributed by atoms with Crippen molar-refractivity contribution in [3.63, 3.8) is 0 Å². The van der Waals surface area contributed by atoms with Gasteiger partial charge < -0.3 is 15.4 Å². The van der Waals surface area contributed by atoms with Gasteiger partial charge in [-0.2, -0.15) is 0 Å². The van der Waals surface area contributed by atoms with Crippen molar-refractivity contribution in [1.82, 2.24) is 10.6 Å². The van der Waals surface area contributed by atoms with Crippen LogP contribution in [0.2, 0.25) is 0 Å². The van der Waals surface area contributed by atoms with Gasteiger partial charge in [-0.05, 0) is 50.5 Å². The number of urea groups is 1. The highest BCUT2D eigenvalue weighted by Gasteiger charge is 2.07. The lowest BCUT2D eigenvalue weighted by molar-refractivity contribution is 0.226. The summed E-state index contributed by atoms with van der Waals surface area (Å²) in [4.78, 5) is 11.4. The molecular formula is C15H24N2O2. The van der Waals surface area contributed by atoms with Crippen LogP contribution in [-0.2, 0) is 0 Å². The molecule has 0 aliphatic rings. The van der Waals surface area contributed by atoms with Gasteiger partial charge >= 0.3 is 6.03 Å². The minimum atomic E-state index is -0.141. The molecule has 0 aliphatic heterocycles. The molecule has 0 radical (unpaired) electrons. The van der Waals surface area contributed by atoms with Gasteiger partial charge in [0.05, 0.1) is 6.04 Å². The summed E-state index contributed by atoms with van der Waals surface area (Å²) in [5.74, 6) is 0.839. The molecule has 1 unspecified atom stereocenters. The first-order chi connectivity index (χ1) is 9.02. The summed E-state index contributed by atoms with van der Waals surface area (Å²) in [6.07, 6.45) is 0.931. The molecule has 2 amide bonds. The number of amides is 2. The fourth-order valence-electron chi connectivity index (χ4n) is 1.58. The van der Waals surface area contributed by atoms with Crippen molar-refractivity contribution in [1.29, 1.82) is 0 Å². The van der Waals surface area contributed by atoms with Crippen molar-refractivity contribution >= 4 is 6.03 Å². The van der Waals surface area contributed by atoms with Gasteiger partial charge in [0.15, 0.2) is 0 Å². The molecule has 19 heavy (non-hydrogen) atoms. The Kier molecular flexibility index (Phi) is 6.19. The van der Waals surface area contributed by atoms with E-state index in [4.69, 9.17) is 4.74 Å². The van der Waals surface area contributed by atoms with Crippen LogP contribution in [0, 0.1) is 13.8 Å². The average molecular weight is 264 g/mol. The van der Waals surface area contributed by atoms with E-state index in [-0.39, 0.29) is 12.1 Å². The lowest BCUT2D eigenvalue weighted by atomic mass is 10.1. The van der Waals surface area contributed by atoms with Crippen LogP contribution in [0.3, 0.4) is 0 Å². The van der Waals surface area contributed by atoms with Crippen molar-refractivity contribution < 1.29 is 9.53 Å². The van der Waals surface area contributed by atoms with E-state index in [9.17, 15) is 4.79 Å². The Bertz CT molecular complexity index is 419. The maximum absolute atomic E-state index is 11.4. The number of carbonyl (C=O) groups excluding carboxylic acids is 1.